The highest BCUT2D eigenvalue weighted by Gasteiger charge is 2.27. The summed E-state index contributed by atoms with van der Waals surface area (Å²) in [5.74, 6) is -0.266. The molecule has 6 nitrogen and oxygen atoms in total. The molecule has 1 aromatic rings. The summed E-state index contributed by atoms with van der Waals surface area (Å²) in [4.78, 5) is 27.8. The maximum Gasteiger partial charge on any atom is 0.321 e. The van der Waals surface area contributed by atoms with Crippen LogP contribution in [0.2, 0.25) is 0 Å². The predicted molar refractivity (Wildman–Crippen MR) is 94.3 cm³/mol. The fourth-order valence-corrected chi connectivity index (χ4v) is 3.42. The molecule has 2 aliphatic heterocycles. The fourth-order valence-electron chi connectivity index (χ4n) is 3.42. The lowest BCUT2D eigenvalue weighted by atomic mass is 9.96. The van der Waals surface area contributed by atoms with Crippen LogP contribution < -0.4 is 15.5 Å². The Kier molecular flexibility index (Phi) is 5.53. The Hall–Kier alpha value is -2.15. The Bertz CT molecular complexity index is 644. The molecule has 0 bridgehead atoms. The van der Waals surface area contributed by atoms with Gasteiger partial charge in [-0.3, -0.25) is 9.69 Å². The first-order chi connectivity index (χ1) is 12.1. The van der Waals surface area contributed by atoms with Crippen molar-refractivity contribution in [1.82, 2.24) is 15.5 Å². The Morgan fingerprint density at radius 3 is 2.72 bits per heavy atom. The van der Waals surface area contributed by atoms with Gasteiger partial charge < -0.3 is 15.5 Å². The van der Waals surface area contributed by atoms with Gasteiger partial charge in [0.1, 0.15) is 5.82 Å². The van der Waals surface area contributed by atoms with E-state index in [0.29, 0.717) is 37.8 Å². The number of rotatable bonds is 5. The Morgan fingerprint density at radius 2 is 2.08 bits per heavy atom. The summed E-state index contributed by atoms with van der Waals surface area (Å²) in [6.45, 7) is 6.35. The van der Waals surface area contributed by atoms with Crippen molar-refractivity contribution in [1.29, 1.82) is 0 Å². The largest absolute Gasteiger partial charge is 0.339 e. The van der Waals surface area contributed by atoms with Crippen molar-refractivity contribution >= 4 is 17.6 Å². The number of likely N-dealkylation sites (tertiary alicyclic amines) is 1. The molecule has 0 unspecified atom stereocenters. The van der Waals surface area contributed by atoms with Gasteiger partial charge in [0.2, 0.25) is 0 Å². The minimum absolute atomic E-state index is 0.0438. The second-order valence-corrected chi connectivity index (χ2v) is 6.59. The zero-order valence-electron chi connectivity index (χ0n) is 14.6. The molecule has 0 spiro atoms. The summed E-state index contributed by atoms with van der Waals surface area (Å²) < 4.78 is 14.2. The number of piperidine rings is 1. The van der Waals surface area contributed by atoms with Gasteiger partial charge in [-0.25, -0.2) is 9.18 Å². The van der Waals surface area contributed by atoms with Crippen molar-refractivity contribution in [3.8, 4) is 0 Å². The number of halogens is 1. The number of nitrogens with zero attached hydrogens (tertiary/aromatic N) is 2. The van der Waals surface area contributed by atoms with Crippen LogP contribution in [-0.2, 0) is 0 Å². The maximum absolute atomic E-state index is 14.2. The van der Waals surface area contributed by atoms with E-state index in [0.717, 1.165) is 25.9 Å². The van der Waals surface area contributed by atoms with Crippen molar-refractivity contribution in [3.63, 3.8) is 0 Å². The lowest BCUT2D eigenvalue weighted by Gasteiger charge is -2.32. The molecule has 1 aromatic carbocycles. The first-order valence-corrected chi connectivity index (χ1v) is 8.95. The highest BCUT2D eigenvalue weighted by Crippen LogP contribution is 2.24. The van der Waals surface area contributed by atoms with Crippen molar-refractivity contribution in [2.75, 3.05) is 44.2 Å². The van der Waals surface area contributed by atoms with Crippen LogP contribution in [0.15, 0.2) is 18.2 Å². The molecule has 0 atom stereocenters. The van der Waals surface area contributed by atoms with Crippen molar-refractivity contribution in [3.05, 3.63) is 29.6 Å². The van der Waals surface area contributed by atoms with Crippen LogP contribution in [-0.4, -0.2) is 56.1 Å². The van der Waals surface area contributed by atoms with Crippen LogP contribution >= 0.6 is 0 Å². The number of nitrogens with one attached hydrogen (secondary N) is 2. The lowest BCUT2D eigenvalue weighted by Crippen LogP contribution is -2.41. The molecule has 136 valence electrons. The summed E-state index contributed by atoms with van der Waals surface area (Å²) in [5, 5.41) is 6.05. The summed E-state index contributed by atoms with van der Waals surface area (Å²) in [5.41, 5.74) is 0.601. The third-order valence-electron chi connectivity index (χ3n) is 4.93. The first kappa shape index (κ1) is 17.7. The van der Waals surface area contributed by atoms with E-state index in [1.807, 2.05) is 0 Å². The number of urea groups is 1. The van der Waals surface area contributed by atoms with Gasteiger partial charge in [0.15, 0.2) is 0 Å². The average Bonchev–Trinajstić information content (AvgIpc) is 3.06. The van der Waals surface area contributed by atoms with E-state index in [2.05, 4.69) is 17.6 Å². The molecule has 2 fully saturated rings. The zero-order chi connectivity index (χ0) is 17.8. The maximum atomic E-state index is 14.2. The minimum Gasteiger partial charge on any atom is -0.339 e. The van der Waals surface area contributed by atoms with Crippen LogP contribution in [0.4, 0.5) is 14.9 Å². The highest BCUT2D eigenvalue weighted by atomic mass is 19.1. The van der Waals surface area contributed by atoms with E-state index in [1.54, 1.807) is 11.0 Å². The van der Waals surface area contributed by atoms with Gasteiger partial charge in [0, 0.05) is 31.9 Å². The minimum atomic E-state index is -0.539. The number of hydrogen-bond acceptors (Lipinski definition) is 3. The molecule has 3 rings (SSSR count). The molecule has 2 aliphatic rings. The normalized spacial score (nSPS) is 18.6. The molecule has 0 aromatic heterocycles. The number of carbonyl (C=O) groups excluding carboxylic acids is 2. The van der Waals surface area contributed by atoms with Crippen molar-refractivity contribution in [2.45, 2.75) is 19.8 Å². The molecule has 7 heteroatoms. The third kappa shape index (κ3) is 3.92. The summed E-state index contributed by atoms with van der Waals surface area (Å²) >= 11 is 0. The SMILES string of the molecule is CCNCC1CCN(C(=O)c2cc(N3CCNC3=O)ccc2F)CC1. The van der Waals surface area contributed by atoms with Gasteiger partial charge in [-0.2, -0.15) is 0 Å². The molecule has 2 saturated heterocycles. The number of anilines is 1. The summed E-state index contributed by atoms with van der Waals surface area (Å²) in [6.07, 6.45) is 1.85. The van der Waals surface area contributed by atoms with Gasteiger partial charge in [-0.15, -0.1) is 0 Å². The highest BCUT2D eigenvalue weighted by molar-refractivity contribution is 5.98. The van der Waals surface area contributed by atoms with E-state index in [4.69, 9.17) is 0 Å². The zero-order valence-corrected chi connectivity index (χ0v) is 14.6. The first-order valence-electron chi connectivity index (χ1n) is 8.95. The predicted octanol–water partition coefficient (Wildman–Crippen LogP) is 1.82. The molecule has 3 amide bonds. The fraction of sp³-hybridized carbons (Fsp3) is 0.556. The third-order valence-corrected chi connectivity index (χ3v) is 4.93. The van der Waals surface area contributed by atoms with Crippen molar-refractivity contribution < 1.29 is 14.0 Å². The van der Waals surface area contributed by atoms with Gasteiger partial charge in [0.05, 0.1) is 5.56 Å². The van der Waals surface area contributed by atoms with E-state index < -0.39 is 5.82 Å². The van der Waals surface area contributed by atoms with E-state index in [9.17, 15) is 14.0 Å². The molecular formula is C18H25FN4O2. The van der Waals surface area contributed by atoms with Gasteiger partial charge >= 0.3 is 6.03 Å². The van der Waals surface area contributed by atoms with E-state index >= 15 is 0 Å². The average molecular weight is 348 g/mol. The second-order valence-electron chi connectivity index (χ2n) is 6.59. The molecule has 0 radical (unpaired) electrons. The van der Waals surface area contributed by atoms with Crippen LogP contribution in [0.25, 0.3) is 0 Å². The summed E-state index contributed by atoms with van der Waals surface area (Å²) in [7, 11) is 0. The van der Waals surface area contributed by atoms with Crippen molar-refractivity contribution in [2.24, 2.45) is 5.92 Å². The second kappa shape index (κ2) is 7.82. The van der Waals surface area contributed by atoms with Gasteiger partial charge in [0.25, 0.3) is 5.91 Å². The number of hydrogen-bond donors (Lipinski definition) is 2. The van der Waals surface area contributed by atoms with Gasteiger partial charge in [-0.05, 0) is 50.0 Å². The number of carbonyl (C=O) groups is 2. The molecule has 2 N–H and O–H groups in total. The Balaban J connectivity index is 1.69. The van der Waals surface area contributed by atoms with Gasteiger partial charge in [-0.1, -0.05) is 6.92 Å². The topological polar surface area (TPSA) is 64.7 Å². The smallest absolute Gasteiger partial charge is 0.321 e. The standard InChI is InChI=1S/C18H25FN4O2/c1-2-20-12-13-5-8-22(9-6-13)17(24)15-11-14(3-4-16(15)19)23-10-7-21-18(23)25/h3-4,11,13,20H,2,5-10,12H2,1H3,(H,21,25). The molecule has 25 heavy (non-hydrogen) atoms. The monoisotopic (exact) mass is 348 g/mol. The van der Waals surface area contributed by atoms with Crippen LogP contribution in [0.1, 0.15) is 30.1 Å². The van der Waals surface area contributed by atoms with E-state index in [1.165, 1.54) is 17.0 Å². The molecule has 0 saturated carbocycles. The Labute approximate surface area is 147 Å². The van der Waals surface area contributed by atoms with E-state index in [-0.39, 0.29) is 17.5 Å². The quantitative estimate of drug-likeness (QED) is 0.853. The Morgan fingerprint density at radius 1 is 1.32 bits per heavy atom. The molecule has 0 aliphatic carbocycles. The number of amides is 3. The lowest BCUT2D eigenvalue weighted by molar-refractivity contribution is 0.0685. The number of benzene rings is 1. The van der Waals surface area contributed by atoms with Crippen LogP contribution in [0, 0.1) is 11.7 Å². The van der Waals surface area contributed by atoms with Crippen LogP contribution in [0.5, 0.6) is 0 Å². The summed E-state index contributed by atoms with van der Waals surface area (Å²) in [6, 6.07) is 4.09. The molecular weight excluding hydrogens is 323 g/mol. The van der Waals surface area contributed by atoms with Crippen LogP contribution in [0.3, 0.4) is 0 Å². The molecule has 2 heterocycles.